The minimum atomic E-state index is -0.572. The Hall–Kier alpha value is -1.66. The number of hydrogen-bond donors (Lipinski definition) is 2. The van der Waals surface area contributed by atoms with Crippen LogP contribution in [0, 0.1) is 0 Å². The average molecular weight is 435 g/mol. The first-order valence-corrected chi connectivity index (χ1v) is 10.5. The number of nitrogens with one attached hydrogen (secondary N) is 2. The summed E-state index contributed by atoms with van der Waals surface area (Å²) in [6, 6.07) is 13.4. The van der Waals surface area contributed by atoms with Crippen molar-refractivity contribution in [3.63, 3.8) is 0 Å². The first kappa shape index (κ1) is 19.1. The van der Waals surface area contributed by atoms with E-state index in [1.165, 1.54) is 29.7 Å². The minimum absolute atomic E-state index is 0.0132. The van der Waals surface area contributed by atoms with Gasteiger partial charge in [0.15, 0.2) is 0 Å². The lowest BCUT2D eigenvalue weighted by molar-refractivity contribution is -0.122. The second-order valence-electron chi connectivity index (χ2n) is 6.87. The zero-order valence-corrected chi connectivity index (χ0v) is 17.2. The Kier molecular flexibility index (Phi) is 6.14. The maximum Gasteiger partial charge on any atom is 0.262 e. The standard InChI is InChI=1S/C20H23BrN2O2S/c1-14(23-19(25)16-9-10-17(21)26-16)18(24)22-13-20(11-5-6-12-20)15-7-3-2-4-8-15/h2-4,7-10,14H,5-6,11-13H2,1H3,(H,22,24)(H,23,25). The lowest BCUT2D eigenvalue weighted by atomic mass is 9.79. The van der Waals surface area contributed by atoms with Gasteiger partial charge in [-0.05, 0) is 53.4 Å². The summed E-state index contributed by atoms with van der Waals surface area (Å²) in [6.07, 6.45) is 4.54. The fourth-order valence-corrected chi connectivity index (χ4v) is 4.88. The van der Waals surface area contributed by atoms with Crippen molar-refractivity contribution < 1.29 is 9.59 Å². The Labute approximate surface area is 166 Å². The van der Waals surface area contributed by atoms with Gasteiger partial charge >= 0.3 is 0 Å². The Bertz CT molecular complexity index is 769. The summed E-state index contributed by atoms with van der Waals surface area (Å²) in [7, 11) is 0. The van der Waals surface area contributed by atoms with Gasteiger partial charge in [0.2, 0.25) is 5.91 Å². The molecule has 1 aromatic heterocycles. The van der Waals surface area contributed by atoms with E-state index in [1.807, 2.05) is 12.1 Å². The van der Waals surface area contributed by atoms with Gasteiger partial charge in [-0.25, -0.2) is 0 Å². The van der Waals surface area contributed by atoms with E-state index < -0.39 is 6.04 Å². The van der Waals surface area contributed by atoms with Crippen molar-refractivity contribution >= 4 is 39.1 Å². The van der Waals surface area contributed by atoms with Gasteiger partial charge in [0.1, 0.15) is 6.04 Å². The maximum absolute atomic E-state index is 12.5. The predicted octanol–water partition coefficient (Wildman–Crippen LogP) is 4.26. The second kappa shape index (κ2) is 8.35. The zero-order chi connectivity index (χ0) is 18.6. The SMILES string of the molecule is CC(NC(=O)c1ccc(Br)s1)C(=O)NCC1(c2ccccc2)CCCC1. The number of hydrogen-bond acceptors (Lipinski definition) is 3. The van der Waals surface area contributed by atoms with Crippen LogP contribution in [0.15, 0.2) is 46.3 Å². The smallest absolute Gasteiger partial charge is 0.262 e. The fraction of sp³-hybridized carbons (Fsp3) is 0.400. The molecule has 1 unspecified atom stereocenters. The van der Waals surface area contributed by atoms with Crippen LogP contribution in [0.4, 0.5) is 0 Å². The van der Waals surface area contributed by atoms with E-state index in [0.29, 0.717) is 11.4 Å². The molecule has 1 aromatic carbocycles. The van der Waals surface area contributed by atoms with Gasteiger partial charge in [0.05, 0.1) is 8.66 Å². The van der Waals surface area contributed by atoms with Crippen molar-refractivity contribution in [1.82, 2.24) is 10.6 Å². The summed E-state index contributed by atoms with van der Waals surface area (Å²) in [5.74, 6) is -0.363. The van der Waals surface area contributed by atoms with Gasteiger partial charge < -0.3 is 10.6 Å². The molecule has 0 saturated heterocycles. The molecule has 0 aliphatic heterocycles. The van der Waals surface area contributed by atoms with E-state index in [4.69, 9.17) is 0 Å². The third kappa shape index (κ3) is 4.35. The van der Waals surface area contributed by atoms with Gasteiger partial charge in [-0.1, -0.05) is 43.2 Å². The Morgan fingerprint density at radius 2 is 1.85 bits per heavy atom. The van der Waals surface area contributed by atoms with Gasteiger partial charge in [-0.2, -0.15) is 0 Å². The molecule has 2 N–H and O–H groups in total. The lowest BCUT2D eigenvalue weighted by Crippen LogP contribution is -2.48. The van der Waals surface area contributed by atoms with Crippen LogP contribution in [0.25, 0.3) is 0 Å². The van der Waals surface area contributed by atoms with Crippen LogP contribution in [0.3, 0.4) is 0 Å². The highest BCUT2D eigenvalue weighted by Gasteiger charge is 2.36. The van der Waals surface area contributed by atoms with Crippen LogP contribution in [0.1, 0.15) is 47.8 Å². The Morgan fingerprint density at radius 1 is 1.15 bits per heavy atom. The molecule has 4 nitrogen and oxygen atoms in total. The van der Waals surface area contributed by atoms with Crippen LogP contribution in [0.5, 0.6) is 0 Å². The minimum Gasteiger partial charge on any atom is -0.353 e. The van der Waals surface area contributed by atoms with Crippen LogP contribution in [0.2, 0.25) is 0 Å². The van der Waals surface area contributed by atoms with Gasteiger partial charge in [-0.15, -0.1) is 11.3 Å². The van der Waals surface area contributed by atoms with E-state index in [-0.39, 0.29) is 17.2 Å². The van der Waals surface area contributed by atoms with Gasteiger partial charge in [0.25, 0.3) is 5.91 Å². The summed E-state index contributed by atoms with van der Waals surface area (Å²) in [4.78, 5) is 25.3. The first-order valence-electron chi connectivity index (χ1n) is 8.90. The quantitative estimate of drug-likeness (QED) is 0.713. The molecule has 2 amide bonds. The van der Waals surface area contributed by atoms with Crippen molar-refractivity contribution in [2.24, 2.45) is 0 Å². The molecule has 1 aliphatic carbocycles. The molecular weight excluding hydrogens is 412 g/mol. The van der Waals surface area contributed by atoms with E-state index in [1.54, 1.807) is 13.0 Å². The molecule has 2 aromatic rings. The number of carbonyl (C=O) groups excluding carboxylic acids is 2. The molecule has 1 fully saturated rings. The molecule has 0 bridgehead atoms. The highest BCUT2D eigenvalue weighted by atomic mass is 79.9. The number of rotatable bonds is 6. The van der Waals surface area contributed by atoms with Crippen LogP contribution >= 0.6 is 27.3 Å². The molecule has 26 heavy (non-hydrogen) atoms. The van der Waals surface area contributed by atoms with Gasteiger partial charge in [-0.3, -0.25) is 9.59 Å². The van der Waals surface area contributed by atoms with Crippen LogP contribution in [-0.2, 0) is 10.2 Å². The van der Waals surface area contributed by atoms with Crippen molar-refractivity contribution in [3.8, 4) is 0 Å². The maximum atomic E-state index is 12.5. The molecule has 0 radical (unpaired) electrons. The topological polar surface area (TPSA) is 58.2 Å². The van der Waals surface area contributed by atoms with E-state index >= 15 is 0 Å². The highest BCUT2D eigenvalue weighted by molar-refractivity contribution is 9.11. The lowest BCUT2D eigenvalue weighted by Gasteiger charge is -2.30. The van der Waals surface area contributed by atoms with Crippen LogP contribution in [-0.4, -0.2) is 24.4 Å². The summed E-state index contributed by atoms with van der Waals surface area (Å²) in [5.41, 5.74) is 1.30. The number of benzene rings is 1. The summed E-state index contributed by atoms with van der Waals surface area (Å²) >= 11 is 4.70. The molecule has 0 spiro atoms. The molecule has 3 rings (SSSR count). The monoisotopic (exact) mass is 434 g/mol. The van der Waals surface area contributed by atoms with Crippen LogP contribution < -0.4 is 10.6 Å². The molecule has 1 saturated carbocycles. The van der Waals surface area contributed by atoms with E-state index in [2.05, 4.69) is 50.8 Å². The van der Waals surface area contributed by atoms with Crippen molar-refractivity contribution in [2.75, 3.05) is 6.54 Å². The number of thiophene rings is 1. The number of carbonyl (C=O) groups is 2. The number of amides is 2. The normalized spacial score (nSPS) is 16.8. The van der Waals surface area contributed by atoms with Crippen molar-refractivity contribution in [3.05, 3.63) is 56.7 Å². The van der Waals surface area contributed by atoms with Crippen molar-refractivity contribution in [1.29, 1.82) is 0 Å². The number of halogens is 1. The Morgan fingerprint density at radius 3 is 2.46 bits per heavy atom. The summed E-state index contributed by atoms with van der Waals surface area (Å²) < 4.78 is 0.894. The largest absolute Gasteiger partial charge is 0.353 e. The van der Waals surface area contributed by atoms with Crippen molar-refractivity contribution in [2.45, 2.75) is 44.1 Å². The molecular formula is C20H23BrN2O2S. The summed E-state index contributed by atoms with van der Waals surface area (Å²) in [6.45, 7) is 2.33. The fourth-order valence-electron chi connectivity index (χ4n) is 3.59. The molecule has 1 heterocycles. The molecule has 6 heteroatoms. The molecule has 1 atom stereocenters. The second-order valence-corrected chi connectivity index (χ2v) is 9.33. The van der Waals surface area contributed by atoms with E-state index in [9.17, 15) is 9.59 Å². The first-order chi connectivity index (χ1) is 12.5. The Balaban J connectivity index is 1.59. The third-order valence-corrected chi connectivity index (χ3v) is 6.71. The zero-order valence-electron chi connectivity index (χ0n) is 14.8. The van der Waals surface area contributed by atoms with Gasteiger partial charge in [0, 0.05) is 12.0 Å². The average Bonchev–Trinajstić information content (AvgIpc) is 3.30. The molecule has 138 valence electrons. The predicted molar refractivity (Wildman–Crippen MR) is 109 cm³/mol. The summed E-state index contributed by atoms with van der Waals surface area (Å²) in [5, 5.41) is 5.84. The van der Waals surface area contributed by atoms with E-state index in [0.717, 1.165) is 16.6 Å². The molecule has 1 aliphatic rings. The highest BCUT2D eigenvalue weighted by Crippen LogP contribution is 2.40. The third-order valence-electron chi connectivity index (χ3n) is 5.09.